The summed E-state index contributed by atoms with van der Waals surface area (Å²) in [6, 6.07) is 55.2. The average molecular weight is 614 g/mol. The molecule has 0 aliphatic heterocycles. The van der Waals surface area contributed by atoms with Crippen molar-refractivity contribution >= 4 is 54.6 Å². The van der Waals surface area contributed by atoms with Gasteiger partial charge in [0.1, 0.15) is 22.6 Å². The molecule has 0 amide bonds. The van der Waals surface area contributed by atoms with Crippen LogP contribution in [0.25, 0.3) is 94.0 Å². The van der Waals surface area contributed by atoms with Crippen molar-refractivity contribution in [3.05, 3.63) is 164 Å². The molecule has 0 aliphatic rings. The zero-order valence-electron chi connectivity index (χ0n) is 25.8. The fraction of sp³-hybridized carbons (Fsp3) is 0. The van der Waals surface area contributed by atoms with E-state index in [-0.39, 0.29) is 0 Å². The molecule has 0 spiro atoms. The first kappa shape index (κ1) is 26.7. The lowest BCUT2D eigenvalue weighted by atomic mass is 10.00. The molecule has 0 aliphatic carbocycles. The molecule has 4 aromatic heterocycles. The molecular weight excluding hydrogens is 587 g/mol. The minimum absolute atomic E-state index is 0.831. The van der Waals surface area contributed by atoms with E-state index < -0.39 is 0 Å². The van der Waals surface area contributed by atoms with Crippen molar-refractivity contribution in [2.45, 2.75) is 0 Å². The van der Waals surface area contributed by atoms with Gasteiger partial charge in [-0.3, -0.25) is 4.57 Å². The summed E-state index contributed by atoms with van der Waals surface area (Å²) >= 11 is 0. The molecule has 0 N–H and O–H groups in total. The Kier molecular flexibility index (Phi) is 5.84. The van der Waals surface area contributed by atoms with E-state index in [4.69, 9.17) is 14.4 Å². The van der Waals surface area contributed by atoms with E-state index in [1.807, 2.05) is 24.4 Å². The summed E-state index contributed by atoms with van der Waals surface area (Å²) in [4.78, 5) is 10.4. The van der Waals surface area contributed by atoms with Crippen LogP contribution < -0.4 is 0 Å². The topological polar surface area (TPSA) is 43.9 Å². The van der Waals surface area contributed by atoms with E-state index >= 15 is 0 Å². The maximum atomic E-state index is 6.14. The minimum Gasteiger partial charge on any atom is -0.456 e. The number of nitrogens with zero attached hydrogens (tertiary/aromatic N) is 3. The fourth-order valence-corrected chi connectivity index (χ4v) is 7.14. The second-order valence-electron chi connectivity index (χ2n) is 12.3. The van der Waals surface area contributed by atoms with E-state index in [1.54, 1.807) is 0 Å². The molecular formula is C44H27N3O. The lowest BCUT2D eigenvalue weighted by Gasteiger charge is -2.13. The molecule has 4 heteroatoms. The Labute approximate surface area is 276 Å². The molecule has 0 fully saturated rings. The summed E-state index contributed by atoms with van der Waals surface area (Å²) in [7, 11) is 0. The van der Waals surface area contributed by atoms with Gasteiger partial charge >= 0.3 is 0 Å². The van der Waals surface area contributed by atoms with Gasteiger partial charge in [-0.1, -0.05) is 115 Å². The zero-order chi connectivity index (χ0) is 31.6. The Morgan fingerprint density at radius 1 is 0.458 bits per heavy atom. The van der Waals surface area contributed by atoms with Crippen molar-refractivity contribution in [2.75, 3.05) is 0 Å². The molecule has 0 saturated carbocycles. The Morgan fingerprint density at radius 2 is 1.12 bits per heavy atom. The van der Waals surface area contributed by atoms with E-state index in [1.165, 1.54) is 5.39 Å². The van der Waals surface area contributed by atoms with E-state index in [0.717, 1.165) is 88.6 Å². The summed E-state index contributed by atoms with van der Waals surface area (Å²) in [5, 5.41) is 6.78. The third-order valence-electron chi connectivity index (χ3n) is 9.43. The summed E-state index contributed by atoms with van der Waals surface area (Å²) in [5.74, 6) is 0.831. The molecule has 10 aromatic rings. The normalized spacial score (nSPS) is 11.8. The number of pyridine rings is 2. The Morgan fingerprint density at radius 3 is 1.96 bits per heavy atom. The molecule has 0 bridgehead atoms. The first-order valence-corrected chi connectivity index (χ1v) is 16.2. The molecule has 48 heavy (non-hydrogen) atoms. The largest absolute Gasteiger partial charge is 0.456 e. The van der Waals surface area contributed by atoms with E-state index in [2.05, 4.69) is 144 Å². The van der Waals surface area contributed by atoms with Crippen LogP contribution in [0.1, 0.15) is 0 Å². The molecule has 4 heterocycles. The third kappa shape index (κ3) is 4.16. The number of hydrogen-bond acceptors (Lipinski definition) is 3. The number of rotatable bonds is 4. The van der Waals surface area contributed by atoms with Crippen LogP contribution in [0.2, 0.25) is 0 Å². The summed E-state index contributed by atoms with van der Waals surface area (Å²) < 4.78 is 8.37. The quantitative estimate of drug-likeness (QED) is 0.198. The van der Waals surface area contributed by atoms with Crippen molar-refractivity contribution in [2.24, 2.45) is 0 Å². The smallest absolute Gasteiger partial charge is 0.147 e. The SMILES string of the molecule is c1ccc(-c2cc(-c3ccccc3)nc(-n3c4ccc(-c5ccc6oc7ccccc7c6c5)cc4c4c5ccccc5cnc43)c2)cc1. The van der Waals surface area contributed by atoms with Crippen LogP contribution in [0.15, 0.2) is 168 Å². The molecule has 0 unspecified atom stereocenters. The first-order chi connectivity index (χ1) is 23.8. The first-order valence-electron chi connectivity index (χ1n) is 16.2. The third-order valence-corrected chi connectivity index (χ3v) is 9.43. The van der Waals surface area contributed by atoms with Crippen molar-refractivity contribution in [3.63, 3.8) is 0 Å². The van der Waals surface area contributed by atoms with Gasteiger partial charge in [-0.05, 0) is 70.1 Å². The Bertz CT molecular complexity index is 2770. The number of para-hydroxylation sites is 1. The van der Waals surface area contributed by atoms with Gasteiger partial charge in [0.15, 0.2) is 0 Å². The van der Waals surface area contributed by atoms with Crippen molar-refractivity contribution < 1.29 is 4.42 Å². The summed E-state index contributed by atoms with van der Waals surface area (Å²) in [6.07, 6.45) is 1.98. The summed E-state index contributed by atoms with van der Waals surface area (Å²) in [5.41, 5.74) is 10.2. The van der Waals surface area contributed by atoms with E-state index in [0.29, 0.717) is 0 Å². The fourth-order valence-electron chi connectivity index (χ4n) is 7.14. The maximum Gasteiger partial charge on any atom is 0.147 e. The Hall–Kier alpha value is -6.52. The maximum absolute atomic E-state index is 6.14. The van der Waals surface area contributed by atoms with Crippen LogP contribution in [-0.4, -0.2) is 14.5 Å². The zero-order valence-corrected chi connectivity index (χ0v) is 25.8. The van der Waals surface area contributed by atoms with Gasteiger partial charge in [0.25, 0.3) is 0 Å². The molecule has 4 nitrogen and oxygen atoms in total. The van der Waals surface area contributed by atoms with Gasteiger partial charge in [-0.15, -0.1) is 0 Å². The van der Waals surface area contributed by atoms with Crippen molar-refractivity contribution in [1.29, 1.82) is 0 Å². The Balaban J connectivity index is 1.26. The van der Waals surface area contributed by atoms with Gasteiger partial charge in [0.2, 0.25) is 0 Å². The van der Waals surface area contributed by atoms with Crippen LogP contribution in [0.4, 0.5) is 0 Å². The van der Waals surface area contributed by atoms with E-state index in [9.17, 15) is 0 Å². The molecule has 6 aromatic carbocycles. The summed E-state index contributed by atoms with van der Waals surface area (Å²) in [6.45, 7) is 0. The van der Waals surface area contributed by atoms with Gasteiger partial charge in [0.05, 0.1) is 11.2 Å². The number of hydrogen-bond donors (Lipinski definition) is 0. The van der Waals surface area contributed by atoms with Gasteiger partial charge < -0.3 is 4.42 Å². The van der Waals surface area contributed by atoms with Crippen LogP contribution in [0.5, 0.6) is 0 Å². The van der Waals surface area contributed by atoms with Crippen molar-refractivity contribution in [3.8, 4) is 39.3 Å². The highest BCUT2D eigenvalue weighted by Gasteiger charge is 2.19. The number of furan rings is 1. The van der Waals surface area contributed by atoms with Crippen molar-refractivity contribution in [1.82, 2.24) is 14.5 Å². The van der Waals surface area contributed by atoms with Crippen LogP contribution in [-0.2, 0) is 0 Å². The number of benzene rings is 6. The lowest BCUT2D eigenvalue weighted by molar-refractivity contribution is 0.669. The highest BCUT2D eigenvalue weighted by Crippen LogP contribution is 2.40. The molecule has 10 rings (SSSR count). The van der Waals surface area contributed by atoms with Gasteiger partial charge in [0, 0.05) is 38.7 Å². The van der Waals surface area contributed by atoms with Gasteiger partial charge in [-0.25, -0.2) is 9.97 Å². The van der Waals surface area contributed by atoms with Crippen LogP contribution in [0.3, 0.4) is 0 Å². The average Bonchev–Trinajstić information content (AvgIpc) is 3.70. The second-order valence-corrected chi connectivity index (χ2v) is 12.3. The predicted molar refractivity (Wildman–Crippen MR) is 197 cm³/mol. The molecule has 0 atom stereocenters. The van der Waals surface area contributed by atoms with Crippen LogP contribution in [0, 0.1) is 0 Å². The minimum atomic E-state index is 0.831. The molecule has 0 radical (unpaired) electrons. The highest BCUT2D eigenvalue weighted by molar-refractivity contribution is 6.20. The lowest BCUT2D eigenvalue weighted by Crippen LogP contribution is -2.01. The second kappa shape index (κ2) is 10.5. The standard InChI is InChI=1S/C44H27N3O/c1-3-11-28(12-4-1)33-25-38(29-13-5-2-6-14-29)46-42(26-33)47-39-21-19-30(24-37(39)43-34-16-8-7-15-32(34)27-45-44(43)47)31-20-22-41-36(23-31)35-17-9-10-18-40(35)48-41/h1-27H. The molecule has 224 valence electrons. The monoisotopic (exact) mass is 613 g/mol. The molecule has 0 saturated heterocycles. The highest BCUT2D eigenvalue weighted by atomic mass is 16.3. The predicted octanol–water partition coefficient (Wildman–Crippen LogP) is 11.6. The number of aromatic nitrogens is 3. The van der Waals surface area contributed by atoms with Gasteiger partial charge in [-0.2, -0.15) is 0 Å². The number of fused-ring (bicyclic) bond motifs is 8. The van der Waals surface area contributed by atoms with Crippen LogP contribution >= 0.6 is 0 Å².